The standard InChI is InChI=1S/C45H28N2O/c1-2-9-29(10-3-1)31-11-6-12-32(27-31)30-18-20-33(21-19-30)47(34-22-23-37-40-17-8-26-46-45(40)48-43(37)28-34)42-25-24-39-36-14-5-4-13-35(36)38-15-7-16-41(42)44(38)39/h1-28H. The van der Waals surface area contributed by atoms with Crippen LogP contribution in [0.1, 0.15) is 0 Å². The number of benzene rings is 7. The Hall–Kier alpha value is -6.45. The summed E-state index contributed by atoms with van der Waals surface area (Å²) in [5, 5.41) is 4.60. The molecule has 48 heavy (non-hydrogen) atoms. The van der Waals surface area contributed by atoms with Crippen LogP contribution in [-0.2, 0) is 0 Å². The van der Waals surface area contributed by atoms with Crippen molar-refractivity contribution in [1.29, 1.82) is 0 Å². The maximum Gasteiger partial charge on any atom is 0.227 e. The van der Waals surface area contributed by atoms with Gasteiger partial charge < -0.3 is 9.32 Å². The average Bonchev–Trinajstić information content (AvgIpc) is 3.69. The Bertz CT molecular complexity index is 2640. The van der Waals surface area contributed by atoms with Crippen LogP contribution in [0, 0.1) is 0 Å². The largest absolute Gasteiger partial charge is 0.438 e. The second-order valence-corrected chi connectivity index (χ2v) is 12.4. The molecule has 3 nitrogen and oxygen atoms in total. The molecule has 0 N–H and O–H groups in total. The van der Waals surface area contributed by atoms with E-state index >= 15 is 0 Å². The molecule has 0 radical (unpaired) electrons. The van der Waals surface area contributed by atoms with Gasteiger partial charge in [-0.25, -0.2) is 4.98 Å². The van der Waals surface area contributed by atoms with Crippen molar-refractivity contribution < 1.29 is 4.42 Å². The summed E-state index contributed by atoms with van der Waals surface area (Å²) in [5.74, 6) is 0. The first-order chi connectivity index (χ1) is 23.8. The quantitative estimate of drug-likeness (QED) is 0.194. The van der Waals surface area contributed by atoms with Crippen LogP contribution in [0.5, 0.6) is 0 Å². The number of anilines is 3. The fourth-order valence-corrected chi connectivity index (χ4v) is 7.47. The molecule has 0 atom stereocenters. The second kappa shape index (κ2) is 10.5. The topological polar surface area (TPSA) is 29.3 Å². The zero-order chi connectivity index (χ0) is 31.6. The van der Waals surface area contributed by atoms with Gasteiger partial charge in [0.15, 0.2) is 0 Å². The molecule has 0 fully saturated rings. The minimum atomic E-state index is 0.654. The van der Waals surface area contributed by atoms with E-state index in [2.05, 4.69) is 168 Å². The molecule has 1 aliphatic rings. The van der Waals surface area contributed by atoms with Gasteiger partial charge in [-0.2, -0.15) is 0 Å². The maximum absolute atomic E-state index is 6.28. The molecule has 7 aromatic carbocycles. The summed E-state index contributed by atoms with van der Waals surface area (Å²) in [4.78, 5) is 6.84. The lowest BCUT2D eigenvalue weighted by Crippen LogP contribution is -2.10. The van der Waals surface area contributed by atoms with Gasteiger partial charge in [0.1, 0.15) is 5.58 Å². The molecule has 0 unspecified atom stereocenters. The van der Waals surface area contributed by atoms with Gasteiger partial charge in [0.2, 0.25) is 5.71 Å². The molecule has 0 aliphatic heterocycles. The highest BCUT2D eigenvalue weighted by atomic mass is 16.3. The Balaban J connectivity index is 1.14. The molecule has 3 heteroatoms. The molecule has 0 amide bonds. The summed E-state index contributed by atoms with van der Waals surface area (Å²) in [6, 6.07) is 58.7. The Morgan fingerprint density at radius 2 is 1.06 bits per heavy atom. The Morgan fingerprint density at radius 1 is 0.417 bits per heavy atom. The highest BCUT2D eigenvalue weighted by molar-refractivity contribution is 6.19. The zero-order valence-corrected chi connectivity index (χ0v) is 26.0. The fourth-order valence-electron chi connectivity index (χ4n) is 7.47. The van der Waals surface area contributed by atoms with E-state index in [4.69, 9.17) is 4.42 Å². The van der Waals surface area contributed by atoms with Crippen molar-refractivity contribution in [2.24, 2.45) is 0 Å². The van der Waals surface area contributed by atoms with E-state index in [0.717, 1.165) is 33.4 Å². The highest BCUT2D eigenvalue weighted by Gasteiger charge is 2.25. The molecule has 0 saturated heterocycles. The Labute approximate surface area is 278 Å². The first-order valence-corrected chi connectivity index (χ1v) is 16.3. The number of aromatic nitrogens is 1. The lowest BCUT2D eigenvalue weighted by Gasteiger charge is -2.27. The van der Waals surface area contributed by atoms with E-state index in [1.165, 1.54) is 55.3 Å². The normalized spacial score (nSPS) is 11.8. The summed E-state index contributed by atoms with van der Waals surface area (Å²) in [5.41, 5.74) is 14.6. The van der Waals surface area contributed by atoms with E-state index in [-0.39, 0.29) is 0 Å². The molecule has 2 aromatic heterocycles. The van der Waals surface area contributed by atoms with Gasteiger partial charge >= 0.3 is 0 Å². The predicted octanol–water partition coefficient (Wildman–Crippen LogP) is 12.6. The number of furan rings is 1. The van der Waals surface area contributed by atoms with E-state index in [9.17, 15) is 0 Å². The van der Waals surface area contributed by atoms with E-state index in [1.807, 2.05) is 6.07 Å². The van der Waals surface area contributed by atoms with Crippen LogP contribution in [0.2, 0.25) is 0 Å². The second-order valence-electron chi connectivity index (χ2n) is 12.4. The molecule has 10 rings (SSSR count). The Morgan fingerprint density at radius 3 is 1.88 bits per heavy atom. The van der Waals surface area contributed by atoms with E-state index in [1.54, 1.807) is 6.20 Å². The molecule has 0 spiro atoms. The molecule has 2 heterocycles. The summed E-state index contributed by atoms with van der Waals surface area (Å²) in [6.45, 7) is 0. The van der Waals surface area contributed by atoms with Crippen molar-refractivity contribution >= 4 is 49.9 Å². The number of pyridine rings is 1. The number of fused-ring (bicyclic) bond motifs is 6. The molecular formula is C45H28N2O. The molecule has 0 saturated carbocycles. The highest BCUT2D eigenvalue weighted by Crippen LogP contribution is 2.51. The smallest absolute Gasteiger partial charge is 0.227 e. The number of hydrogen-bond acceptors (Lipinski definition) is 3. The molecule has 224 valence electrons. The SMILES string of the molecule is c1ccc(-c2cccc(-c3ccc(N(c4ccc5c(c4)oc4ncccc45)c4ccc5c6c(cccc46)-c4ccccc4-5)cc3)c2)cc1. The van der Waals surface area contributed by atoms with Crippen molar-refractivity contribution in [2.45, 2.75) is 0 Å². The third kappa shape index (κ3) is 4.11. The maximum atomic E-state index is 6.28. The van der Waals surface area contributed by atoms with Gasteiger partial charge in [-0.05, 0) is 98.4 Å². The molecule has 1 aliphatic carbocycles. The predicted molar refractivity (Wildman–Crippen MR) is 199 cm³/mol. The van der Waals surface area contributed by atoms with Crippen LogP contribution in [0.3, 0.4) is 0 Å². The van der Waals surface area contributed by atoms with Crippen LogP contribution < -0.4 is 4.90 Å². The van der Waals surface area contributed by atoms with Crippen LogP contribution in [-0.4, -0.2) is 4.98 Å². The average molecular weight is 613 g/mol. The first kappa shape index (κ1) is 26.7. The van der Waals surface area contributed by atoms with E-state index < -0.39 is 0 Å². The van der Waals surface area contributed by atoms with Gasteiger partial charge in [0.05, 0.1) is 5.69 Å². The van der Waals surface area contributed by atoms with Crippen molar-refractivity contribution in [2.75, 3.05) is 4.90 Å². The van der Waals surface area contributed by atoms with Crippen molar-refractivity contribution in [3.05, 3.63) is 170 Å². The lowest BCUT2D eigenvalue weighted by atomic mass is 9.98. The van der Waals surface area contributed by atoms with Gasteiger partial charge in [-0.1, -0.05) is 109 Å². The monoisotopic (exact) mass is 612 g/mol. The van der Waals surface area contributed by atoms with Crippen LogP contribution in [0.4, 0.5) is 17.1 Å². The van der Waals surface area contributed by atoms with Gasteiger partial charge in [0, 0.05) is 39.8 Å². The summed E-state index contributed by atoms with van der Waals surface area (Å²) in [6.07, 6.45) is 1.78. The zero-order valence-electron chi connectivity index (χ0n) is 26.0. The van der Waals surface area contributed by atoms with Gasteiger partial charge in [-0.3, -0.25) is 0 Å². The molecule has 0 bridgehead atoms. The minimum Gasteiger partial charge on any atom is -0.438 e. The van der Waals surface area contributed by atoms with Crippen LogP contribution >= 0.6 is 0 Å². The summed E-state index contributed by atoms with van der Waals surface area (Å²) < 4.78 is 6.28. The van der Waals surface area contributed by atoms with Gasteiger partial charge in [0.25, 0.3) is 0 Å². The van der Waals surface area contributed by atoms with E-state index in [0.29, 0.717) is 5.71 Å². The number of nitrogens with zero attached hydrogens (tertiary/aromatic N) is 2. The Kier molecular flexibility index (Phi) is 5.87. The summed E-state index contributed by atoms with van der Waals surface area (Å²) in [7, 11) is 0. The third-order valence-corrected chi connectivity index (χ3v) is 9.69. The first-order valence-electron chi connectivity index (χ1n) is 16.3. The number of rotatable bonds is 5. The number of hydrogen-bond donors (Lipinski definition) is 0. The lowest BCUT2D eigenvalue weighted by molar-refractivity contribution is 0.654. The van der Waals surface area contributed by atoms with Crippen molar-refractivity contribution in [3.8, 4) is 44.5 Å². The fraction of sp³-hybridized carbons (Fsp3) is 0. The van der Waals surface area contributed by atoms with Gasteiger partial charge in [-0.15, -0.1) is 0 Å². The molecular weight excluding hydrogens is 585 g/mol. The van der Waals surface area contributed by atoms with Crippen LogP contribution in [0.25, 0.3) is 77.3 Å². The minimum absolute atomic E-state index is 0.654. The summed E-state index contributed by atoms with van der Waals surface area (Å²) >= 11 is 0. The molecule has 9 aromatic rings. The van der Waals surface area contributed by atoms with Crippen molar-refractivity contribution in [1.82, 2.24) is 4.98 Å². The van der Waals surface area contributed by atoms with Crippen LogP contribution in [0.15, 0.2) is 174 Å². The third-order valence-electron chi connectivity index (χ3n) is 9.69. The van der Waals surface area contributed by atoms with Crippen molar-refractivity contribution in [3.63, 3.8) is 0 Å².